The Morgan fingerprint density at radius 2 is 1.14 bits per heavy atom. The Morgan fingerprint density at radius 1 is 0.627 bits per heavy atom. The van der Waals surface area contributed by atoms with E-state index < -0.39 is 31.3 Å². The average Bonchev–Trinajstić information content (AvgIpc) is 3.16. The van der Waals surface area contributed by atoms with Gasteiger partial charge in [-0.25, -0.2) is 16.8 Å². The van der Waals surface area contributed by atoms with Crippen molar-refractivity contribution in [3.05, 3.63) is 125 Å². The van der Waals surface area contributed by atoms with E-state index in [1.54, 1.807) is 0 Å². The number of hydrogen-bond donors (Lipinski definition) is 0. The topological polar surface area (TPSA) is 125 Å². The van der Waals surface area contributed by atoms with Crippen LogP contribution in [0.25, 0.3) is 56.2 Å². The molecule has 4 aromatic carbocycles. The van der Waals surface area contributed by atoms with Crippen LogP contribution in [0.4, 0.5) is 32.0 Å². The van der Waals surface area contributed by atoms with Gasteiger partial charge in [-0.1, -0.05) is 48.6 Å². The van der Waals surface area contributed by atoms with E-state index in [1.165, 1.54) is 83.1 Å². The van der Waals surface area contributed by atoms with Gasteiger partial charge in [-0.2, -0.15) is 35.5 Å². The molecule has 0 bridgehead atoms. The number of nitrogens with zero attached hydrogens (tertiary/aromatic N) is 3. The third-order valence-electron chi connectivity index (χ3n) is 10.4. The fourth-order valence-corrected chi connectivity index (χ4v) is 7.37. The Balaban J connectivity index is 0.000000311. The first kappa shape index (κ1) is 43.2. The summed E-state index contributed by atoms with van der Waals surface area (Å²) in [6.07, 6.45) is 11.3. The second kappa shape index (κ2) is 16.0. The number of pyridine rings is 2. The summed E-state index contributed by atoms with van der Waals surface area (Å²) in [5, 5.41) is 5.19. The van der Waals surface area contributed by atoms with Crippen LogP contribution in [0.3, 0.4) is 0 Å². The summed E-state index contributed by atoms with van der Waals surface area (Å²) in [5.74, 6) is 0. The van der Waals surface area contributed by atoms with E-state index in [4.69, 9.17) is 25.9 Å². The Kier molecular flexibility index (Phi) is 11.7. The van der Waals surface area contributed by atoms with E-state index in [0.29, 0.717) is 0 Å². The van der Waals surface area contributed by atoms with E-state index in [-0.39, 0.29) is 0 Å². The van der Waals surface area contributed by atoms with Gasteiger partial charge in [0, 0.05) is 50.8 Å². The fraction of sp³-hybridized carbons (Fsp3) is 0.238. The van der Waals surface area contributed by atoms with Crippen LogP contribution in [-0.2, 0) is 46.2 Å². The molecule has 0 amide bonds. The van der Waals surface area contributed by atoms with E-state index >= 15 is 0 Å². The molecule has 0 saturated heterocycles. The van der Waals surface area contributed by atoms with Gasteiger partial charge in [0.25, 0.3) is 0 Å². The third kappa shape index (κ3) is 8.98. The highest BCUT2D eigenvalue weighted by Crippen LogP contribution is 2.44. The summed E-state index contributed by atoms with van der Waals surface area (Å²) in [5.41, 5.74) is 3.97. The zero-order valence-corrected chi connectivity index (χ0v) is 33.7. The number of anilines is 1. The molecule has 4 heterocycles. The minimum atomic E-state index is -6.09. The van der Waals surface area contributed by atoms with Crippen LogP contribution < -0.4 is 14.0 Å². The van der Waals surface area contributed by atoms with Gasteiger partial charge >= 0.3 is 11.0 Å². The Hall–Kier alpha value is -5.36. The van der Waals surface area contributed by atoms with Gasteiger partial charge in [0.15, 0.2) is 45.7 Å². The van der Waals surface area contributed by atoms with Crippen molar-refractivity contribution in [2.24, 2.45) is 0 Å². The number of benzene rings is 4. The average molecular weight is 858 g/mol. The molecule has 2 aromatic heterocycles. The van der Waals surface area contributed by atoms with Crippen LogP contribution in [0.5, 0.6) is 0 Å². The standard InChI is InChI=1S/C40H37N3.2CHF3O3S/c1-26-27(2)35-18-22-43-20-16-30-7-5-6-8-36(30)40(43)39(35)38-34(26)17-21-42-19-15-29(24-37(38)42)10-9-28-11-12-32-25-33(41(3)4)14-13-31(32)23-28;2*2-1(3,4)8(5,6)7/h5-16,19-20,23-25H,17-18,21-22H2,1-4H3;2*(H,5,6,7)/q+2;;/p-2. The van der Waals surface area contributed by atoms with E-state index in [0.717, 1.165) is 25.9 Å². The summed E-state index contributed by atoms with van der Waals surface area (Å²) < 4.78 is 123. The second-order valence-electron chi connectivity index (χ2n) is 14.3. The molecular formula is C42H37F6N3O6S2. The van der Waals surface area contributed by atoms with Crippen molar-refractivity contribution in [1.29, 1.82) is 0 Å². The van der Waals surface area contributed by atoms with Crippen LogP contribution in [-0.4, -0.2) is 51.1 Å². The van der Waals surface area contributed by atoms with Crippen molar-refractivity contribution in [1.82, 2.24) is 0 Å². The van der Waals surface area contributed by atoms with Gasteiger partial charge in [0.1, 0.15) is 0 Å². The molecule has 9 nitrogen and oxygen atoms in total. The lowest BCUT2D eigenvalue weighted by atomic mass is 9.79. The summed E-state index contributed by atoms with van der Waals surface area (Å²) in [7, 11) is -8.00. The van der Waals surface area contributed by atoms with Crippen molar-refractivity contribution in [2.45, 2.75) is 50.8 Å². The lowest BCUT2D eigenvalue weighted by Crippen LogP contribution is -2.43. The predicted molar refractivity (Wildman–Crippen MR) is 211 cm³/mol. The molecule has 0 N–H and O–H groups in total. The number of halogens is 6. The molecule has 0 aliphatic carbocycles. The second-order valence-corrected chi connectivity index (χ2v) is 17.0. The molecule has 0 unspecified atom stereocenters. The number of aromatic nitrogens is 2. The van der Waals surface area contributed by atoms with Crippen molar-refractivity contribution >= 4 is 59.6 Å². The largest absolute Gasteiger partial charge is 0.741 e. The first-order valence-electron chi connectivity index (χ1n) is 18.0. The zero-order chi connectivity index (χ0) is 43.2. The van der Waals surface area contributed by atoms with Crippen molar-refractivity contribution in [3.8, 4) is 22.5 Å². The molecule has 0 radical (unpaired) electrons. The Bertz CT molecular complexity index is 2830. The number of aryl methyl sites for hydroxylation is 2. The molecule has 0 fully saturated rings. The van der Waals surface area contributed by atoms with Gasteiger partial charge in [0.2, 0.25) is 11.4 Å². The highest BCUT2D eigenvalue weighted by Gasteiger charge is 2.39. The summed E-state index contributed by atoms with van der Waals surface area (Å²) in [4.78, 5) is 2.15. The smallest absolute Gasteiger partial charge is 0.485 e. The van der Waals surface area contributed by atoms with E-state index in [2.05, 4.69) is 145 Å². The van der Waals surface area contributed by atoms with Crippen LogP contribution in [0.1, 0.15) is 33.4 Å². The molecule has 8 rings (SSSR count). The minimum absolute atomic E-state index is 1.01. The summed E-state index contributed by atoms with van der Waals surface area (Å²) in [6.45, 7) is 6.74. The molecule has 0 spiro atoms. The lowest BCUT2D eigenvalue weighted by Gasteiger charge is -2.27. The molecule has 2 aliphatic heterocycles. The highest BCUT2D eigenvalue weighted by molar-refractivity contribution is 7.86. The quantitative estimate of drug-likeness (QED) is 0.0766. The van der Waals surface area contributed by atoms with Crippen molar-refractivity contribution in [3.63, 3.8) is 0 Å². The van der Waals surface area contributed by atoms with Gasteiger partial charge in [-0.05, 0) is 87.7 Å². The SMILES string of the molecule is Cc1c(C)c2c(c3c1CC[n+]1ccc(/C=C/c4ccc5cc(N(C)C)ccc5c4)cc1-3)-c1c3ccccc3cc[n+]1CC2.O=S(=O)([O-])C(F)(F)F.O=S(=O)([O-])C(F)(F)F. The van der Waals surface area contributed by atoms with Gasteiger partial charge in [-0.15, -0.1) is 0 Å². The van der Waals surface area contributed by atoms with Gasteiger partial charge < -0.3 is 14.0 Å². The lowest BCUT2D eigenvalue weighted by molar-refractivity contribution is -0.689. The molecule has 59 heavy (non-hydrogen) atoms. The number of hydrogen-bond acceptors (Lipinski definition) is 7. The predicted octanol–water partition coefficient (Wildman–Crippen LogP) is 7.97. The van der Waals surface area contributed by atoms with Crippen molar-refractivity contribution in [2.75, 3.05) is 19.0 Å². The molecule has 17 heteroatoms. The van der Waals surface area contributed by atoms with Crippen LogP contribution in [0.2, 0.25) is 0 Å². The number of alkyl halides is 6. The maximum Gasteiger partial charge on any atom is 0.485 e. The molecule has 0 atom stereocenters. The Labute approximate surface area is 337 Å². The zero-order valence-electron chi connectivity index (χ0n) is 32.0. The minimum Gasteiger partial charge on any atom is -0.741 e. The first-order chi connectivity index (χ1) is 27.5. The summed E-state index contributed by atoms with van der Waals surface area (Å²) in [6, 6.07) is 29.3. The molecule has 2 aliphatic rings. The maximum absolute atomic E-state index is 10.7. The molecular weight excluding hydrogens is 821 g/mol. The van der Waals surface area contributed by atoms with Crippen LogP contribution in [0, 0.1) is 13.8 Å². The number of fused-ring (bicyclic) bond motifs is 10. The maximum atomic E-state index is 10.7. The van der Waals surface area contributed by atoms with Crippen LogP contribution >= 0.6 is 0 Å². The molecule has 6 aromatic rings. The van der Waals surface area contributed by atoms with E-state index in [9.17, 15) is 26.3 Å². The van der Waals surface area contributed by atoms with Crippen molar-refractivity contribution < 1.29 is 61.4 Å². The Morgan fingerprint density at radius 3 is 1.73 bits per heavy atom. The van der Waals surface area contributed by atoms with E-state index in [1.807, 2.05) is 0 Å². The highest BCUT2D eigenvalue weighted by atomic mass is 32.2. The van der Waals surface area contributed by atoms with Crippen LogP contribution in [0.15, 0.2) is 91.3 Å². The fourth-order valence-electron chi connectivity index (χ4n) is 7.37. The third-order valence-corrected chi connectivity index (χ3v) is 11.6. The van der Waals surface area contributed by atoms with Gasteiger partial charge in [0.05, 0.1) is 16.5 Å². The molecule has 0 saturated carbocycles. The normalized spacial score (nSPS) is 13.7. The summed E-state index contributed by atoms with van der Waals surface area (Å²) >= 11 is 0. The first-order valence-corrected chi connectivity index (χ1v) is 20.8. The number of rotatable bonds is 3. The molecule has 310 valence electrons. The monoisotopic (exact) mass is 857 g/mol. The van der Waals surface area contributed by atoms with Gasteiger partial charge in [-0.3, -0.25) is 0 Å².